The van der Waals surface area contributed by atoms with E-state index in [1.807, 2.05) is 6.07 Å². The lowest BCUT2D eigenvalue weighted by atomic mass is 10.2. The second-order valence-corrected chi connectivity index (χ2v) is 8.07. The minimum Gasteiger partial charge on any atom is -0.465 e. The summed E-state index contributed by atoms with van der Waals surface area (Å²) in [7, 11) is 0. The predicted molar refractivity (Wildman–Crippen MR) is 101 cm³/mol. The van der Waals surface area contributed by atoms with E-state index in [9.17, 15) is 18.0 Å². The molecule has 0 saturated heterocycles. The largest absolute Gasteiger partial charge is 0.573 e. The van der Waals surface area contributed by atoms with Gasteiger partial charge in [-0.2, -0.15) is 0 Å². The topological polar surface area (TPSA) is 58.6 Å². The zero-order valence-electron chi connectivity index (χ0n) is 14.0. The van der Waals surface area contributed by atoms with Crippen LogP contribution in [-0.2, 0) is 6.42 Å². The molecule has 1 aromatic carbocycles. The molecule has 0 saturated carbocycles. The molecule has 0 atom stereocenters. The van der Waals surface area contributed by atoms with E-state index in [-0.39, 0.29) is 5.75 Å². The fourth-order valence-electron chi connectivity index (χ4n) is 2.59. The number of hydrogen-bond donors (Lipinski definition) is 2. The van der Waals surface area contributed by atoms with Crippen molar-refractivity contribution in [1.82, 2.24) is 5.32 Å². The lowest BCUT2D eigenvalue weighted by molar-refractivity contribution is -0.274. The van der Waals surface area contributed by atoms with Crippen LogP contribution in [0.3, 0.4) is 0 Å². The molecule has 3 aromatic rings. The Morgan fingerprint density at radius 3 is 2.41 bits per heavy atom. The Balaban J connectivity index is 1.60. The van der Waals surface area contributed by atoms with Crippen LogP contribution >= 0.6 is 22.7 Å². The van der Waals surface area contributed by atoms with Gasteiger partial charge >= 0.3 is 12.5 Å². The molecule has 0 aliphatic rings. The Labute approximate surface area is 161 Å². The molecule has 9 heteroatoms. The van der Waals surface area contributed by atoms with Gasteiger partial charge in [0.2, 0.25) is 0 Å². The highest BCUT2D eigenvalue weighted by molar-refractivity contribution is 7.29. The maximum absolute atomic E-state index is 12.2. The normalized spacial score (nSPS) is 11.7. The van der Waals surface area contributed by atoms with Crippen LogP contribution in [0.5, 0.6) is 5.75 Å². The van der Waals surface area contributed by atoms with E-state index in [2.05, 4.69) is 16.1 Å². The van der Waals surface area contributed by atoms with Gasteiger partial charge < -0.3 is 15.2 Å². The van der Waals surface area contributed by atoms with Crippen LogP contribution in [-0.4, -0.2) is 24.1 Å². The number of carboxylic acid groups (broad SMARTS) is 1. The number of benzene rings is 1. The van der Waals surface area contributed by atoms with Crippen molar-refractivity contribution in [3.05, 3.63) is 41.3 Å². The number of hydrogen-bond acceptors (Lipinski definition) is 4. The predicted octanol–water partition coefficient (Wildman–Crippen LogP) is 6.12. The number of nitrogens with one attached hydrogen (secondary N) is 1. The number of carbonyl (C=O) groups is 1. The number of amides is 1. The van der Waals surface area contributed by atoms with Crippen LogP contribution in [0.4, 0.5) is 18.0 Å². The number of alkyl halides is 3. The quantitative estimate of drug-likeness (QED) is 0.457. The summed E-state index contributed by atoms with van der Waals surface area (Å²) < 4.78 is 42.8. The van der Waals surface area contributed by atoms with Crippen LogP contribution in [0.2, 0.25) is 0 Å². The van der Waals surface area contributed by atoms with E-state index in [1.165, 1.54) is 17.0 Å². The molecule has 0 fully saturated rings. The van der Waals surface area contributed by atoms with Gasteiger partial charge in [0.1, 0.15) is 5.75 Å². The van der Waals surface area contributed by atoms with E-state index < -0.39 is 12.5 Å². The fourth-order valence-corrected chi connectivity index (χ4v) is 5.06. The minimum atomic E-state index is -4.69. The number of fused-ring (bicyclic) bond motifs is 1. The number of unbranched alkanes of at least 4 members (excludes halogenated alkanes) is 1. The van der Waals surface area contributed by atoms with Crippen molar-refractivity contribution in [2.24, 2.45) is 0 Å². The summed E-state index contributed by atoms with van der Waals surface area (Å²) in [4.78, 5) is 12.6. The van der Waals surface area contributed by atoms with Gasteiger partial charge in [-0.1, -0.05) is 0 Å². The maximum atomic E-state index is 12.2. The second kappa shape index (κ2) is 8.18. The van der Waals surface area contributed by atoms with Gasteiger partial charge in [0, 0.05) is 25.7 Å². The zero-order chi connectivity index (χ0) is 19.4. The first-order valence-corrected chi connectivity index (χ1v) is 9.79. The van der Waals surface area contributed by atoms with Gasteiger partial charge in [-0.15, -0.1) is 35.8 Å². The number of thiophene rings is 2. The Hall–Kier alpha value is -2.26. The molecule has 0 aliphatic carbocycles. The van der Waals surface area contributed by atoms with E-state index >= 15 is 0 Å². The van der Waals surface area contributed by atoms with Gasteiger partial charge in [0.25, 0.3) is 0 Å². The molecule has 0 unspecified atom stereocenters. The van der Waals surface area contributed by atoms with Crippen LogP contribution in [0.25, 0.3) is 19.8 Å². The highest BCUT2D eigenvalue weighted by Gasteiger charge is 2.30. The number of aryl methyl sites for hydroxylation is 1. The highest BCUT2D eigenvalue weighted by Crippen LogP contribution is 2.39. The third-order valence-electron chi connectivity index (χ3n) is 3.76. The molecule has 3 rings (SSSR count). The molecular formula is C18H16F3NO3S2. The summed E-state index contributed by atoms with van der Waals surface area (Å²) in [5.41, 5.74) is 0.846. The van der Waals surface area contributed by atoms with Gasteiger partial charge in [0.15, 0.2) is 0 Å². The van der Waals surface area contributed by atoms with E-state index in [1.54, 1.807) is 34.8 Å². The first-order valence-electron chi connectivity index (χ1n) is 8.15. The van der Waals surface area contributed by atoms with Crippen LogP contribution in [0.15, 0.2) is 36.4 Å². The molecule has 2 heterocycles. The SMILES string of the molecule is O=C(O)NCCCCc1cc2sc(-c3ccc(OC(F)(F)F)cc3)cc2s1. The molecular weight excluding hydrogens is 399 g/mol. The number of ether oxygens (including phenoxy) is 1. The summed E-state index contributed by atoms with van der Waals surface area (Å²) in [6.45, 7) is 0.452. The first-order chi connectivity index (χ1) is 12.8. The standard InChI is InChI=1S/C18H16F3NO3S2/c19-18(20,21)25-12-6-4-11(5-7-12)14-10-16-15(27-14)9-13(26-16)3-1-2-8-22-17(23)24/h4-7,9-10,22H,1-3,8H2,(H,23,24). The number of halogens is 3. The Bertz CT molecular complexity index is 885. The van der Waals surface area contributed by atoms with E-state index in [0.29, 0.717) is 6.54 Å². The summed E-state index contributed by atoms with van der Waals surface area (Å²) in [5, 5.41) is 10.9. The van der Waals surface area contributed by atoms with Crippen molar-refractivity contribution in [2.75, 3.05) is 6.54 Å². The molecule has 0 radical (unpaired) electrons. The molecule has 27 heavy (non-hydrogen) atoms. The lowest BCUT2D eigenvalue weighted by Gasteiger charge is -2.08. The Morgan fingerprint density at radius 2 is 1.78 bits per heavy atom. The smallest absolute Gasteiger partial charge is 0.465 e. The van der Waals surface area contributed by atoms with Crippen molar-refractivity contribution >= 4 is 38.2 Å². The zero-order valence-corrected chi connectivity index (χ0v) is 15.6. The fraction of sp³-hybridized carbons (Fsp3) is 0.278. The van der Waals surface area contributed by atoms with Gasteiger partial charge in [-0.3, -0.25) is 0 Å². The molecule has 4 nitrogen and oxygen atoms in total. The summed E-state index contributed by atoms with van der Waals surface area (Å²) in [6, 6.07) is 10.0. The molecule has 144 valence electrons. The van der Waals surface area contributed by atoms with Crippen LogP contribution < -0.4 is 10.1 Å². The molecule has 0 aliphatic heterocycles. The molecule has 0 bridgehead atoms. The Kier molecular flexibility index (Phi) is 5.91. The average Bonchev–Trinajstić information content (AvgIpc) is 3.12. The molecule has 0 spiro atoms. The minimum absolute atomic E-state index is 0.232. The van der Waals surface area contributed by atoms with Crippen molar-refractivity contribution < 1.29 is 27.8 Å². The van der Waals surface area contributed by atoms with Crippen molar-refractivity contribution in [2.45, 2.75) is 25.6 Å². The molecule has 2 N–H and O–H groups in total. The lowest BCUT2D eigenvalue weighted by Crippen LogP contribution is -2.21. The molecule has 2 aromatic heterocycles. The first kappa shape index (κ1) is 19.5. The summed E-state index contributed by atoms with van der Waals surface area (Å²) in [5.74, 6) is -0.232. The summed E-state index contributed by atoms with van der Waals surface area (Å²) in [6.07, 6.45) is -3.10. The summed E-state index contributed by atoms with van der Waals surface area (Å²) >= 11 is 3.28. The molecule has 1 amide bonds. The monoisotopic (exact) mass is 415 g/mol. The van der Waals surface area contributed by atoms with Crippen LogP contribution in [0.1, 0.15) is 17.7 Å². The second-order valence-electron chi connectivity index (χ2n) is 5.81. The maximum Gasteiger partial charge on any atom is 0.573 e. The highest BCUT2D eigenvalue weighted by atomic mass is 32.1. The number of rotatable bonds is 7. The van der Waals surface area contributed by atoms with E-state index in [4.69, 9.17) is 5.11 Å². The van der Waals surface area contributed by atoms with E-state index in [0.717, 1.165) is 39.1 Å². The third kappa shape index (κ3) is 5.61. The average molecular weight is 415 g/mol. The van der Waals surface area contributed by atoms with Gasteiger partial charge in [-0.05, 0) is 61.2 Å². The van der Waals surface area contributed by atoms with Gasteiger partial charge in [-0.25, -0.2) is 4.79 Å². The van der Waals surface area contributed by atoms with Crippen molar-refractivity contribution in [3.8, 4) is 16.2 Å². The van der Waals surface area contributed by atoms with Crippen molar-refractivity contribution in [3.63, 3.8) is 0 Å². The van der Waals surface area contributed by atoms with Crippen molar-refractivity contribution in [1.29, 1.82) is 0 Å². The van der Waals surface area contributed by atoms with Gasteiger partial charge in [0.05, 0.1) is 0 Å². The third-order valence-corrected chi connectivity index (χ3v) is 6.16. The van der Waals surface area contributed by atoms with Crippen LogP contribution in [0, 0.1) is 0 Å². The Morgan fingerprint density at radius 1 is 1.07 bits per heavy atom.